The van der Waals surface area contributed by atoms with Crippen LogP contribution in [0.5, 0.6) is 0 Å². The molecule has 6 heteroatoms. The van der Waals surface area contributed by atoms with E-state index < -0.39 is 0 Å². The fourth-order valence-electron chi connectivity index (χ4n) is 1.45. The Morgan fingerprint density at radius 1 is 1.31 bits per heavy atom. The number of thiophene rings is 2. The molecule has 2 N–H and O–H groups in total. The second-order valence-electron chi connectivity index (χ2n) is 3.30. The van der Waals surface area contributed by atoms with Crippen LogP contribution in [0.15, 0.2) is 21.9 Å². The third-order valence-corrected chi connectivity index (χ3v) is 4.26. The molecule has 0 bridgehead atoms. The summed E-state index contributed by atoms with van der Waals surface area (Å²) in [5.74, 6) is 1.20. The Bertz CT molecular complexity index is 582. The van der Waals surface area contributed by atoms with Crippen LogP contribution in [0, 0.1) is 0 Å². The van der Waals surface area contributed by atoms with Gasteiger partial charge in [-0.25, -0.2) is 0 Å². The molecule has 0 amide bonds. The predicted octanol–water partition coefficient (Wildman–Crippen LogP) is 2.51. The lowest BCUT2D eigenvalue weighted by atomic mass is 10.4. The molecule has 3 rings (SSSR count). The first-order valence-corrected chi connectivity index (χ1v) is 6.56. The van der Waals surface area contributed by atoms with Crippen LogP contribution in [0.25, 0.3) is 20.2 Å². The summed E-state index contributed by atoms with van der Waals surface area (Å²) in [6.45, 7) is 0.529. The van der Waals surface area contributed by atoms with E-state index in [-0.39, 0.29) is 0 Å². The molecule has 0 aliphatic rings. The third-order valence-electron chi connectivity index (χ3n) is 2.18. The number of nitrogens with two attached hydrogens (primary N) is 1. The van der Waals surface area contributed by atoms with Gasteiger partial charge in [0.2, 0.25) is 5.89 Å². The van der Waals surface area contributed by atoms with E-state index >= 15 is 0 Å². The van der Waals surface area contributed by atoms with E-state index in [1.54, 1.807) is 22.7 Å². The van der Waals surface area contributed by atoms with Crippen molar-refractivity contribution in [1.29, 1.82) is 0 Å². The van der Waals surface area contributed by atoms with Crippen molar-refractivity contribution in [3.05, 3.63) is 23.4 Å². The molecule has 0 atom stereocenters. The number of hydrogen-bond acceptors (Lipinski definition) is 6. The zero-order valence-electron chi connectivity index (χ0n) is 8.34. The summed E-state index contributed by atoms with van der Waals surface area (Å²) in [5, 5.41) is 10.1. The Hall–Kier alpha value is -1.24. The molecule has 0 unspecified atom stereocenters. The summed E-state index contributed by atoms with van der Waals surface area (Å²) < 4.78 is 8.05. The van der Waals surface area contributed by atoms with Crippen LogP contribution in [0.4, 0.5) is 0 Å². The first kappa shape index (κ1) is 9.95. The summed E-state index contributed by atoms with van der Waals surface area (Å²) in [5.41, 5.74) is 5.43. The molecule has 0 saturated carbocycles. The molecule has 0 aliphatic carbocycles. The zero-order chi connectivity index (χ0) is 11.0. The molecule has 0 spiro atoms. The quantitative estimate of drug-likeness (QED) is 0.776. The molecule has 3 aromatic heterocycles. The van der Waals surface area contributed by atoms with Crippen LogP contribution in [0.2, 0.25) is 0 Å². The first-order valence-electron chi connectivity index (χ1n) is 4.86. The van der Waals surface area contributed by atoms with Crippen molar-refractivity contribution in [1.82, 2.24) is 10.2 Å². The van der Waals surface area contributed by atoms with Gasteiger partial charge in [0.1, 0.15) is 0 Å². The van der Waals surface area contributed by atoms with Crippen molar-refractivity contribution in [2.45, 2.75) is 6.42 Å². The Labute approximate surface area is 99.7 Å². The van der Waals surface area contributed by atoms with Crippen LogP contribution in [-0.2, 0) is 6.42 Å². The molecule has 82 valence electrons. The van der Waals surface area contributed by atoms with Crippen LogP contribution >= 0.6 is 22.7 Å². The molecule has 16 heavy (non-hydrogen) atoms. The second-order valence-corrected chi connectivity index (χ2v) is 5.33. The van der Waals surface area contributed by atoms with Crippen molar-refractivity contribution in [2.75, 3.05) is 6.54 Å². The molecule has 0 fully saturated rings. The van der Waals surface area contributed by atoms with Gasteiger partial charge in [-0.1, -0.05) is 0 Å². The van der Waals surface area contributed by atoms with Crippen LogP contribution in [0.1, 0.15) is 5.89 Å². The van der Waals surface area contributed by atoms with Gasteiger partial charge in [0.15, 0.2) is 0 Å². The minimum absolute atomic E-state index is 0.529. The summed E-state index contributed by atoms with van der Waals surface area (Å²) in [6.07, 6.45) is 0.632. The fourth-order valence-corrected chi connectivity index (χ4v) is 3.48. The molecular formula is C10H9N3OS2. The van der Waals surface area contributed by atoms with Gasteiger partial charge in [0.25, 0.3) is 5.89 Å². The lowest BCUT2D eigenvalue weighted by Crippen LogP contribution is -2.02. The van der Waals surface area contributed by atoms with Gasteiger partial charge in [-0.3, -0.25) is 0 Å². The standard InChI is InChI=1S/C10H9N3OS2/c11-3-1-9-12-13-10(14-9)8-5-7-6(16-8)2-4-15-7/h2,4-5H,1,3,11H2. The van der Waals surface area contributed by atoms with Crippen molar-refractivity contribution < 1.29 is 4.42 Å². The first-order chi connectivity index (χ1) is 7.86. The summed E-state index contributed by atoms with van der Waals surface area (Å²) >= 11 is 3.39. The topological polar surface area (TPSA) is 64.9 Å². The SMILES string of the molecule is NCCc1nnc(-c2cc3sccc3s2)o1. The van der Waals surface area contributed by atoms with Gasteiger partial charge >= 0.3 is 0 Å². The minimum Gasteiger partial charge on any atom is -0.420 e. The van der Waals surface area contributed by atoms with E-state index in [9.17, 15) is 0 Å². The number of hydrogen-bond donors (Lipinski definition) is 1. The largest absolute Gasteiger partial charge is 0.420 e. The van der Waals surface area contributed by atoms with Crippen LogP contribution in [-0.4, -0.2) is 16.7 Å². The van der Waals surface area contributed by atoms with Crippen molar-refractivity contribution in [3.8, 4) is 10.8 Å². The molecular weight excluding hydrogens is 242 g/mol. The lowest BCUT2D eigenvalue weighted by Gasteiger charge is -1.87. The van der Waals surface area contributed by atoms with Crippen molar-refractivity contribution in [3.63, 3.8) is 0 Å². The summed E-state index contributed by atoms with van der Waals surface area (Å²) in [7, 11) is 0. The second kappa shape index (κ2) is 3.97. The average molecular weight is 251 g/mol. The van der Waals surface area contributed by atoms with Gasteiger partial charge in [-0.2, -0.15) is 0 Å². The molecule has 0 radical (unpaired) electrons. The zero-order valence-corrected chi connectivity index (χ0v) is 9.98. The third kappa shape index (κ3) is 1.64. The Balaban J connectivity index is 1.98. The normalized spacial score (nSPS) is 11.3. The summed E-state index contributed by atoms with van der Waals surface area (Å²) in [4.78, 5) is 1.03. The van der Waals surface area contributed by atoms with E-state index in [0.717, 1.165) is 4.88 Å². The number of nitrogens with zero attached hydrogens (tertiary/aromatic N) is 2. The molecule has 3 heterocycles. The monoisotopic (exact) mass is 251 g/mol. The smallest absolute Gasteiger partial charge is 0.257 e. The average Bonchev–Trinajstić information content (AvgIpc) is 2.88. The van der Waals surface area contributed by atoms with Crippen molar-refractivity contribution in [2.24, 2.45) is 5.73 Å². The molecule has 3 aromatic rings. The molecule has 0 saturated heterocycles. The molecule has 4 nitrogen and oxygen atoms in total. The number of rotatable bonds is 3. The molecule has 0 aromatic carbocycles. The predicted molar refractivity (Wildman–Crippen MR) is 65.8 cm³/mol. The maximum Gasteiger partial charge on any atom is 0.257 e. The minimum atomic E-state index is 0.529. The highest BCUT2D eigenvalue weighted by Crippen LogP contribution is 2.35. The summed E-state index contributed by atoms with van der Waals surface area (Å²) in [6, 6.07) is 4.19. The van der Waals surface area contributed by atoms with Gasteiger partial charge in [0.05, 0.1) is 4.88 Å². The Kier molecular flexibility index (Phi) is 2.47. The van der Waals surface area contributed by atoms with Gasteiger partial charge < -0.3 is 10.2 Å². The fraction of sp³-hybridized carbons (Fsp3) is 0.200. The van der Waals surface area contributed by atoms with Gasteiger partial charge in [0, 0.05) is 22.4 Å². The van der Waals surface area contributed by atoms with Crippen LogP contribution < -0.4 is 5.73 Å². The van der Waals surface area contributed by atoms with E-state index in [1.807, 2.05) is 0 Å². The van der Waals surface area contributed by atoms with Crippen LogP contribution in [0.3, 0.4) is 0 Å². The molecule has 0 aliphatic heterocycles. The number of aromatic nitrogens is 2. The van der Waals surface area contributed by atoms with Gasteiger partial charge in [-0.15, -0.1) is 32.9 Å². The van der Waals surface area contributed by atoms with E-state index in [2.05, 4.69) is 27.7 Å². The highest BCUT2D eigenvalue weighted by atomic mass is 32.1. The van der Waals surface area contributed by atoms with Crippen molar-refractivity contribution >= 4 is 32.1 Å². The van der Waals surface area contributed by atoms with E-state index in [4.69, 9.17) is 10.2 Å². The maximum atomic E-state index is 5.52. The lowest BCUT2D eigenvalue weighted by molar-refractivity contribution is 0.508. The Morgan fingerprint density at radius 2 is 2.25 bits per heavy atom. The maximum absolute atomic E-state index is 5.52. The number of fused-ring (bicyclic) bond motifs is 1. The van der Waals surface area contributed by atoms with E-state index in [0.29, 0.717) is 24.7 Å². The van der Waals surface area contributed by atoms with E-state index in [1.165, 1.54) is 9.40 Å². The highest BCUT2D eigenvalue weighted by Gasteiger charge is 2.11. The van der Waals surface area contributed by atoms with Gasteiger partial charge in [-0.05, 0) is 17.5 Å². The Morgan fingerprint density at radius 3 is 3.06 bits per heavy atom. The highest BCUT2D eigenvalue weighted by molar-refractivity contribution is 7.28.